The van der Waals surface area contributed by atoms with Crippen LogP contribution in [0.15, 0.2) is 18.2 Å². The monoisotopic (exact) mass is 399 g/mol. The lowest BCUT2D eigenvalue weighted by Crippen LogP contribution is -2.17. The molecule has 0 aliphatic heterocycles. The fraction of sp³-hybridized carbons (Fsp3) is 0.333. The Hall–Kier alpha value is -1.29. The van der Waals surface area contributed by atoms with Gasteiger partial charge >= 0.3 is 5.97 Å². The van der Waals surface area contributed by atoms with E-state index in [-0.39, 0.29) is 24.3 Å². The molecule has 0 aliphatic carbocycles. The average Bonchev–Trinajstić information content (AvgIpc) is 2.36. The standard InChI is InChI=1S/C12H12F2INO4/c13-10(14)6-20-4-3-11(17)16-9-2-1-7(15)5-8(9)12(18)19/h1-2,5,10H,3-4,6H2,(H,16,17)(H,18,19). The predicted molar refractivity (Wildman–Crippen MR) is 76.2 cm³/mol. The Morgan fingerprint density at radius 3 is 2.70 bits per heavy atom. The van der Waals surface area contributed by atoms with Gasteiger partial charge in [0.15, 0.2) is 0 Å². The van der Waals surface area contributed by atoms with Gasteiger partial charge in [0.2, 0.25) is 5.91 Å². The summed E-state index contributed by atoms with van der Waals surface area (Å²) in [7, 11) is 0. The second-order valence-electron chi connectivity index (χ2n) is 3.76. The summed E-state index contributed by atoms with van der Waals surface area (Å²) in [5.74, 6) is -1.66. The van der Waals surface area contributed by atoms with Crippen molar-refractivity contribution in [2.45, 2.75) is 12.8 Å². The SMILES string of the molecule is O=C(CCOCC(F)F)Nc1ccc(I)cc1C(=O)O. The summed E-state index contributed by atoms with van der Waals surface area (Å²) < 4.78 is 28.9. The normalized spacial score (nSPS) is 10.6. The first-order valence-electron chi connectivity index (χ1n) is 5.58. The molecule has 2 N–H and O–H groups in total. The lowest BCUT2D eigenvalue weighted by atomic mass is 10.2. The summed E-state index contributed by atoms with van der Waals surface area (Å²) in [6.07, 6.45) is -2.70. The van der Waals surface area contributed by atoms with E-state index in [2.05, 4.69) is 10.1 Å². The zero-order valence-corrected chi connectivity index (χ0v) is 12.4. The molecule has 8 heteroatoms. The Balaban J connectivity index is 2.55. The largest absolute Gasteiger partial charge is 0.478 e. The smallest absolute Gasteiger partial charge is 0.337 e. The Labute approximate surface area is 127 Å². The quantitative estimate of drug-likeness (QED) is 0.546. The summed E-state index contributed by atoms with van der Waals surface area (Å²) in [4.78, 5) is 22.6. The molecule has 0 saturated heterocycles. The maximum absolute atomic E-state index is 11.8. The number of anilines is 1. The number of halogens is 3. The summed E-state index contributed by atoms with van der Waals surface area (Å²) >= 11 is 1.96. The molecule has 1 amide bonds. The van der Waals surface area contributed by atoms with E-state index >= 15 is 0 Å². The zero-order chi connectivity index (χ0) is 15.1. The van der Waals surface area contributed by atoms with E-state index < -0.39 is 24.9 Å². The molecule has 0 aliphatic rings. The van der Waals surface area contributed by atoms with Gasteiger partial charge in [-0.25, -0.2) is 13.6 Å². The first kappa shape index (κ1) is 16.8. The van der Waals surface area contributed by atoms with E-state index in [1.807, 2.05) is 22.6 Å². The van der Waals surface area contributed by atoms with Crippen LogP contribution in [0.3, 0.4) is 0 Å². The van der Waals surface area contributed by atoms with Gasteiger partial charge in [0, 0.05) is 3.57 Å². The highest BCUT2D eigenvalue weighted by Crippen LogP contribution is 2.19. The van der Waals surface area contributed by atoms with E-state index in [0.29, 0.717) is 0 Å². The van der Waals surface area contributed by atoms with Crippen molar-refractivity contribution in [3.05, 3.63) is 27.3 Å². The summed E-state index contributed by atoms with van der Waals surface area (Å²) in [6.45, 7) is -0.875. The van der Waals surface area contributed by atoms with Crippen LogP contribution in [0, 0.1) is 3.57 Å². The van der Waals surface area contributed by atoms with Gasteiger partial charge in [-0.15, -0.1) is 0 Å². The number of carbonyl (C=O) groups excluding carboxylic acids is 1. The fourth-order valence-electron chi connectivity index (χ4n) is 1.35. The maximum atomic E-state index is 11.8. The highest BCUT2D eigenvalue weighted by molar-refractivity contribution is 14.1. The van der Waals surface area contributed by atoms with Crippen LogP contribution in [-0.4, -0.2) is 36.6 Å². The molecule has 20 heavy (non-hydrogen) atoms. The number of amides is 1. The molecule has 0 fully saturated rings. The molecule has 110 valence electrons. The number of ether oxygens (including phenoxy) is 1. The van der Waals surface area contributed by atoms with E-state index in [4.69, 9.17) is 5.11 Å². The third-order valence-electron chi connectivity index (χ3n) is 2.20. The number of benzene rings is 1. The van der Waals surface area contributed by atoms with Gasteiger partial charge in [0.25, 0.3) is 6.43 Å². The van der Waals surface area contributed by atoms with Crippen LogP contribution in [0.2, 0.25) is 0 Å². The number of alkyl halides is 2. The van der Waals surface area contributed by atoms with Crippen molar-refractivity contribution < 1.29 is 28.2 Å². The number of hydrogen-bond donors (Lipinski definition) is 2. The third kappa shape index (κ3) is 5.78. The van der Waals surface area contributed by atoms with E-state index in [9.17, 15) is 18.4 Å². The molecule has 0 aromatic heterocycles. The minimum absolute atomic E-state index is 0.0289. The Morgan fingerprint density at radius 1 is 1.40 bits per heavy atom. The molecule has 5 nitrogen and oxygen atoms in total. The molecule has 0 unspecified atom stereocenters. The Kier molecular flexibility index (Phi) is 6.79. The van der Waals surface area contributed by atoms with Crippen LogP contribution in [0.1, 0.15) is 16.8 Å². The van der Waals surface area contributed by atoms with Crippen molar-refractivity contribution in [2.75, 3.05) is 18.5 Å². The average molecular weight is 399 g/mol. The lowest BCUT2D eigenvalue weighted by molar-refractivity contribution is -0.117. The summed E-state index contributed by atoms with van der Waals surface area (Å²) in [6, 6.07) is 4.55. The van der Waals surface area contributed by atoms with Crippen LogP contribution < -0.4 is 5.32 Å². The molecule has 0 bridgehead atoms. The molecule has 1 aromatic carbocycles. The number of carboxylic acid groups (broad SMARTS) is 1. The van der Waals surface area contributed by atoms with Crippen molar-refractivity contribution in [3.63, 3.8) is 0 Å². The minimum atomic E-state index is -2.58. The molecule has 0 spiro atoms. The highest BCUT2D eigenvalue weighted by atomic mass is 127. The molecule has 0 radical (unpaired) electrons. The fourth-order valence-corrected chi connectivity index (χ4v) is 1.84. The van der Waals surface area contributed by atoms with Crippen LogP contribution in [-0.2, 0) is 9.53 Å². The number of hydrogen-bond acceptors (Lipinski definition) is 3. The lowest BCUT2D eigenvalue weighted by Gasteiger charge is -2.09. The first-order valence-corrected chi connectivity index (χ1v) is 6.66. The number of rotatable bonds is 7. The van der Waals surface area contributed by atoms with E-state index in [1.54, 1.807) is 6.07 Å². The molecule has 0 saturated carbocycles. The van der Waals surface area contributed by atoms with Crippen molar-refractivity contribution in [1.82, 2.24) is 0 Å². The number of aromatic carboxylic acids is 1. The van der Waals surface area contributed by atoms with Crippen molar-refractivity contribution in [2.24, 2.45) is 0 Å². The van der Waals surface area contributed by atoms with Gasteiger partial charge in [-0.2, -0.15) is 0 Å². The van der Waals surface area contributed by atoms with Gasteiger partial charge in [0.1, 0.15) is 6.61 Å². The van der Waals surface area contributed by atoms with Crippen molar-refractivity contribution in [3.8, 4) is 0 Å². The van der Waals surface area contributed by atoms with E-state index in [0.717, 1.165) is 3.57 Å². The Bertz CT molecular complexity index is 496. The van der Waals surface area contributed by atoms with Crippen molar-refractivity contribution >= 4 is 40.2 Å². The van der Waals surface area contributed by atoms with Gasteiger partial charge in [0.05, 0.1) is 24.3 Å². The van der Waals surface area contributed by atoms with Gasteiger partial charge in [-0.1, -0.05) is 0 Å². The molecule has 0 heterocycles. The van der Waals surface area contributed by atoms with Crippen molar-refractivity contribution in [1.29, 1.82) is 0 Å². The summed E-state index contributed by atoms with van der Waals surface area (Å²) in [5.41, 5.74) is 0.135. The zero-order valence-electron chi connectivity index (χ0n) is 10.2. The molecular formula is C12H12F2INO4. The van der Waals surface area contributed by atoms with Crippen LogP contribution >= 0.6 is 22.6 Å². The predicted octanol–water partition coefficient (Wildman–Crippen LogP) is 2.60. The molecular weight excluding hydrogens is 387 g/mol. The van der Waals surface area contributed by atoms with Crippen LogP contribution in [0.4, 0.5) is 14.5 Å². The summed E-state index contributed by atoms with van der Waals surface area (Å²) in [5, 5.41) is 11.4. The second kappa shape index (κ2) is 8.10. The molecule has 0 atom stereocenters. The molecule has 1 rings (SSSR count). The van der Waals surface area contributed by atoms with Gasteiger partial charge < -0.3 is 15.2 Å². The van der Waals surface area contributed by atoms with Gasteiger partial charge in [-0.05, 0) is 40.8 Å². The minimum Gasteiger partial charge on any atom is -0.478 e. The van der Waals surface area contributed by atoms with Gasteiger partial charge in [-0.3, -0.25) is 4.79 Å². The van der Waals surface area contributed by atoms with Crippen LogP contribution in [0.5, 0.6) is 0 Å². The second-order valence-corrected chi connectivity index (χ2v) is 5.00. The Morgan fingerprint density at radius 2 is 2.10 bits per heavy atom. The highest BCUT2D eigenvalue weighted by Gasteiger charge is 2.13. The number of nitrogens with one attached hydrogen (secondary N) is 1. The third-order valence-corrected chi connectivity index (χ3v) is 2.87. The van der Waals surface area contributed by atoms with E-state index in [1.165, 1.54) is 12.1 Å². The maximum Gasteiger partial charge on any atom is 0.337 e. The van der Waals surface area contributed by atoms with Crippen LogP contribution in [0.25, 0.3) is 0 Å². The number of carbonyl (C=O) groups is 2. The molecule has 1 aromatic rings. The topological polar surface area (TPSA) is 75.6 Å². The number of carboxylic acids is 1. The first-order chi connectivity index (χ1) is 9.40.